The van der Waals surface area contributed by atoms with Gasteiger partial charge in [0.05, 0.1) is 6.54 Å². The van der Waals surface area contributed by atoms with E-state index >= 15 is 0 Å². The van der Waals surface area contributed by atoms with E-state index < -0.39 is 0 Å². The van der Waals surface area contributed by atoms with E-state index in [2.05, 4.69) is 16.0 Å². The first-order chi connectivity index (χ1) is 11.6. The van der Waals surface area contributed by atoms with Gasteiger partial charge in [-0.15, -0.1) is 0 Å². The largest absolute Gasteiger partial charge is 0.376 e. The molecule has 2 amide bonds. The Hall–Kier alpha value is -2.04. The number of benzene rings is 1. The van der Waals surface area contributed by atoms with Crippen LogP contribution in [0.3, 0.4) is 0 Å². The standard InChI is InChI=1S/C19H29N3O2/c1-3-14(2)21-18(23)13-20-16-11-9-15(10-12-16)19(24)22-17-7-5-4-6-8-17/h9-12,14,17,20H,3-8,13H2,1-2H3,(H,21,23)(H,22,24). The van der Waals surface area contributed by atoms with Crippen molar-refractivity contribution in [1.29, 1.82) is 0 Å². The molecule has 0 aromatic heterocycles. The zero-order valence-corrected chi connectivity index (χ0v) is 14.7. The van der Waals surface area contributed by atoms with Gasteiger partial charge in [-0.3, -0.25) is 9.59 Å². The average molecular weight is 331 g/mol. The van der Waals surface area contributed by atoms with Crippen LogP contribution in [0.1, 0.15) is 62.7 Å². The monoisotopic (exact) mass is 331 g/mol. The van der Waals surface area contributed by atoms with Crippen LogP contribution >= 0.6 is 0 Å². The molecule has 0 spiro atoms. The number of hydrogen-bond donors (Lipinski definition) is 3. The molecule has 0 saturated heterocycles. The van der Waals surface area contributed by atoms with Crippen molar-refractivity contribution in [2.75, 3.05) is 11.9 Å². The van der Waals surface area contributed by atoms with Crippen LogP contribution in [-0.2, 0) is 4.79 Å². The number of hydrogen-bond acceptors (Lipinski definition) is 3. The smallest absolute Gasteiger partial charge is 0.251 e. The zero-order chi connectivity index (χ0) is 17.4. The molecule has 0 radical (unpaired) electrons. The van der Waals surface area contributed by atoms with E-state index in [0.717, 1.165) is 24.9 Å². The fraction of sp³-hybridized carbons (Fsp3) is 0.579. The van der Waals surface area contributed by atoms with E-state index in [9.17, 15) is 9.59 Å². The molecule has 0 heterocycles. The van der Waals surface area contributed by atoms with Gasteiger partial charge in [-0.1, -0.05) is 26.2 Å². The fourth-order valence-corrected chi connectivity index (χ4v) is 2.87. The van der Waals surface area contributed by atoms with Gasteiger partial charge in [-0.2, -0.15) is 0 Å². The summed E-state index contributed by atoms with van der Waals surface area (Å²) >= 11 is 0. The maximum Gasteiger partial charge on any atom is 0.251 e. The highest BCUT2D eigenvalue weighted by Crippen LogP contribution is 2.18. The number of amides is 2. The highest BCUT2D eigenvalue weighted by molar-refractivity contribution is 5.94. The maximum atomic E-state index is 12.2. The summed E-state index contributed by atoms with van der Waals surface area (Å²) in [7, 11) is 0. The third-order valence-electron chi connectivity index (χ3n) is 4.56. The molecule has 5 heteroatoms. The summed E-state index contributed by atoms with van der Waals surface area (Å²) in [6.07, 6.45) is 6.75. The maximum absolute atomic E-state index is 12.2. The molecule has 0 bridgehead atoms. The van der Waals surface area contributed by atoms with E-state index in [1.54, 1.807) is 12.1 Å². The summed E-state index contributed by atoms with van der Waals surface area (Å²) in [6, 6.07) is 7.78. The van der Waals surface area contributed by atoms with E-state index in [0.29, 0.717) is 11.6 Å². The summed E-state index contributed by atoms with van der Waals surface area (Å²) in [5.74, 6) is -0.0357. The summed E-state index contributed by atoms with van der Waals surface area (Å²) in [6.45, 7) is 4.26. The molecule has 3 N–H and O–H groups in total. The van der Waals surface area contributed by atoms with Crippen LogP contribution in [0.5, 0.6) is 0 Å². The summed E-state index contributed by atoms with van der Waals surface area (Å²) in [4.78, 5) is 24.0. The molecule has 1 aromatic rings. The van der Waals surface area contributed by atoms with Gasteiger partial charge in [-0.25, -0.2) is 0 Å². The molecule has 1 unspecified atom stereocenters. The molecule has 1 aliphatic rings. The van der Waals surface area contributed by atoms with E-state index in [1.807, 2.05) is 26.0 Å². The van der Waals surface area contributed by atoms with Crippen molar-refractivity contribution in [3.63, 3.8) is 0 Å². The van der Waals surface area contributed by atoms with E-state index in [4.69, 9.17) is 0 Å². The second-order valence-electron chi connectivity index (χ2n) is 6.62. The molecule has 24 heavy (non-hydrogen) atoms. The van der Waals surface area contributed by atoms with Crippen LogP contribution in [0.4, 0.5) is 5.69 Å². The van der Waals surface area contributed by atoms with Crippen molar-refractivity contribution in [2.45, 2.75) is 64.5 Å². The Labute approximate surface area is 144 Å². The molecule has 1 fully saturated rings. The molecule has 1 aliphatic carbocycles. The van der Waals surface area contributed by atoms with Crippen LogP contribution in [0, 0.1) is 0 Å². The van der Waals surface area contributed by atoms with Crippen LogP contribution in [-0.4, -0.2) is 30.4 Å². The van der Waals surface area contributed by atoms with Gasteiger partial charge >= 0.3 is 0 Å². The number of anilines is 1. The predicted molar refractivity (Wildman–Crippen MR) is 97.2 cm³/mol. The number of carbonyl (C=O) groups is 2. The van der Waals surface area contributed by atoms with Crippen molar-refractivity contribution in [1.82, 2.24) is 10.6 Å². The molecular formula is C19H29N3O2. The Morgan fingerprint density at radius 3 is 2.42 bits per heavy atom. The lowest BCUT2D eigenvalue weighted by Gasteiger charge is -2.22. The minimum Gasteiger partial charge on any atom is -0.376 e. The summed E-state index contributed by atoms with van der Waals surface area (Å²) < 4.78 is 0. The Balaban J connectivity index is 1.79. The third-order valence-corrected chi connectivity index (χ3v) is 4.56. The first-order valence-electron chi connectivity index (χ1n) is 9.02. The third kappa shape index (κ3) is 5.87. The highest BCUT2D eigenvalue weighted by Gasteiger charge is 2.16. The lowest BCUT2D eigenvalue weighted by atomic mass is 9.95. The van der Waals surface area contributed by atoms with Crippen LogP contribution in [0.25, 0.3) is 0 Å². The zero-order valence-electron chi connectivity index (χ0n) is 14.7. The van der Waals surface area contributed by atoms with Gasteiger partial charge in [-0.05, 0) is 50.5 Å². The van der Waals surface area contributed by atoms with Gasteiger partial charge < -0.3 is 16.0 Å². The second kappa shape index (κ2) is 9.30. The fourth-order valence-electron chi connectivity index (χ4n) is 2.87. The Kier molecular flexibility index (Phi) is 7.09. The van der Waals surface area contributed by atoms with Gasteiger partial charge in [0.25, 0.3) is 5.91 Å². The second-order valence-corrected chi connectivity index (χ2v) is 6.62. The first-order valence-corrected chi connectivity index (χ1v) is 9.02. The van der Waals surface area contributed by atoms with Crippen LogP contribution in [0.15, 0.2) is 24.3 Å². The molecule has 1 saturated carbocycles. The molecule has 2 rings (SSSR count). The Bertz CT molecular complexity index is 536. The number of nitrogens with one attached hydrogen (secondary N) is 3. The molecule has 1 atom stereocenters. The Morgan fingerprint density at radius 1 is 1.12 bits per heavy atom. The highest BCUT2D eigenvalue weighted by atomic mass is 16.2. The van der Waals surface area contributed by atoms with Crippen LogP contribution in [0.2, 0.25) is 0 Å². The molecule has 1 aromatic carbocycles. The van der Waals surface area contributed by atoms with E-state index in [1.165, 1.54) is 19.3 Å². The topological polar surface area (TPSA) is 70.2 Å². The molecule has 5 nitrogen and oxygen atoms in total. The molecular weight excluding hydrogens is 302 g/mol. The van der Waals surface area contributed by atoms with E-state index in [-0.39, 0.29) is 24.4 Å². The van der Waals surface area contributed by atoms with Crippen molar-refractivity contribution in [2.24, 2.45) is 0 Å². The van der Waals surface area contributed by atoms with Gasteiger partial charge in [0, 0.05) is 23.3 Å². The minimum atomic E-state index is -0.0246. The Morgan fingerprint density at radius 2 is 1.79 bits per heavy atom. The van der Waals surface area contributed by atoms with Crippen molar-refractivity contribution in [3.05, 3.63) is 29.8 Å². The van der Waals surface area contributed by atoms with Crippen LogP contribution < -0.4 is 16.0 Å². The van der Waals surface area contributed by atoms with Gasteiger partial charge in [0.15, 0.2) is 0 Å². The summed E-state index contributed by atoms with van der Waals surface area (Å²) in [5, 5.41) is 9.10. The first kappa shape index (κ1) is 18.3. The SMILES string of the molecule is CCC(C)NC(=O)CNc1ccc(C(=O)NC2CCCCC2)cc1. The lowest BCUT2D eigenvalue weighted by Crippen LogP contribution is -2.36. The summed E-state index contributed by atoms with van der Waals surface area (Å²) in [5.41, 5.74) is 1.50. The number of rotatable bonds is 7. The van der Waals surface area contributed by atoms with Gasteiger partial charge in [0.2, 0.25) is 5.91 Å². The number of carbonyl (C=O) groups excluding carboxylic acids is 2. The normalized spacial score (nSPS) is 16.2. The predicted octanol–water partition coefficient (Wildman–Crippen LogP) is 3.08. The lowest BCUT2D eigenvalue weighted by molar-refractivity contribution is -0.120. The van der Waals surface area contributed by atoms with Crippen molar-refractivity contribution >= 4 is 17.5 Å². The van der Waals surface area contributed by atoms with Crippen molar-refractivity contribution < 1.29 is 9.59 Å². The molecule has 132 valence electrons. The molecule has 0 aliphatic heterocycles. The minimum absolute atomic E-state index is 0.0111. The van der Waals surface area contributed by atoms with Gasteiger partial charge in [0.1, 0.15) is 0 Å². The quantitative estimate of drug-likeness (QED) is 0.719. The average Bonchev–Trinajstić information content (AvgIpc) is 2.61. The van der Waals surface area contributed by atoms with Crippen molar-refractivity contribution in [3.8, 4) is 0 Å².